The summed E-state index contributed by atoms with van der Waals surface area (Å²) >= 11 is 15.3. The number of aromatic nitrogens is 5. The number of nitrogens with one attached hydrogen (secondary N) is 1. The van der Waals surface area contributed by atoms with Gasteiger partial charge in [0.25, 0.3) is 5.91 Å². The summed E-state index contributed by atoms with van der Waals surface area (Å²) in [6.07, 6.45) is 1.52. The number of rotatable bonds is 4. The van der Waals surface area contributed by atoms with E-state index in [9.17, 15) is 4.79 Å². The quantitative estimate of drug-likeness (QED) is 0.666. The molecule has 3 aromatic rings. The maximum absolute atomic E-state index is 12.3. The third-order valence-corrected chi connectivity index (χ3v) is 5.25. The second-order valence-corrected chi connectivity index (χ2v) is 6.95. The van der Waals surface area contributed by atoms with Crippen molar-refractivity contribution in [2.45, 2.75) is 13.5 Å². The Morgan fingerprint density at radius 3 is 2.68 bits per heavy atom. The van der Waals surface area contributed by atoms with Gasteiger partial charge in [-0.25, -0.2) is 9.67 Å². The van der Waals surface area contributed by atoms with Gasteiger partial charge in [0.2, 0.25) is 5.95 Å². The number of amides is 1. The van der Waals surface area contributed by atoms with Crippen molar-refractivity contribution in [2.24, 2.45) is 7.05 Å². The van der Waals surface area contributed by atoms with Gasteiger partial charge in [-0.05, 0) is 40.5 Å². The molecule has 3 rings (SSSR count). The number of hydrogen-bond acceptors (Lipinski definition) is 4. The lowest BCUT2D eigenvalue weighted by Crippen LogP contribution is -2.15. The van der Waals surface area contributed by atoms with Gasteiger partial charge in [-0.3, -0.25) is 14.8 Å². The minimum absolute atomic E-state index is 0.195. The van der Waals surface area contributed by atoms with Crippen molar-refractivity contribution in [2.75, 3.05) is 5.32 Å². The standard InChI is InChI=1S/C15H13BrCl2N6O/c1-8-12(16)13(21-23(8)2)14(25)20-15-19-7-24(22-15)6-9-3-4-10(17)11(18)5-9/h3-5,7H,6H2,1-2H3,(H,20,22,25). The first kappa shape index (κ1) is 17.9. The molecule has 1 N–H and O–H groups in total. The van der Waals surface area contributed by atoms with E-state index in [2.05, 4.69) is 36.4 Å². The second kappa shape index (κ2) is 7.15. The maximum Gasteiger partial charge on any atom is 0.279 e. The van der Waals surface area contributed by atoms with Gasteiger partial charge in [-0.15, -0.1) is 5.10 Å². The van der Waals surface area contributed by atoms with Crippen LogP contribution in [0.2, 0.25) is 10.0 Å². The van der Waals surface area contributed by atoms with Gasteiger partial charge in [0.1, 0.15) is 6.33 Å². The second-order valence-electron chi connectivity index (χ2n) is 5.34. The van der Waals surface area contributed by atoms with Crippen LogP contribution in [0.1, 0.15) is 21.7 Å². The Kier molecular flexibility index (Phi) is 5.12. The van der Waals surface area contributed by atoms with Gasteiger partial charge >= 0.3 is 0 Å². The smallest absolute Gasteiger partial charge is 0.279 e. The monoisotopic (exact) mass is 442 g/mol. The van der Waals surface area contributed by atoms with E-state index >= 15 is 0 Å². The SMILES string of the molecule is Cc1c(Br)c(C(=O)Nc2ncn(Cc3ccc(Cl)c(Cl)c3)n2)nn1C. The predicted octanol–water partition coefficient (Wildman–Crippen LogP) is 3.69. The molecule has 0 aliphatic rings. The Labute approximate surface area is 162 Å². The topological polar surface area (TPSA) is 77.6 Å². The van der Waals surface area contributed by atoms with E-state index in [-0.39, 0.29) is 17.5 Å². The Bertz CT molecular complexity index is 952. The van der Waals surface area contributed by atoms with E-state index < -0.39 is 0 Å². The van der Waals surface area contributed by atoms with E-state index in [1.807, 2.05) is 13.0 Å². The first-order chi connectivity index (χ1) is 11.8. The molecule has 0 aliphatic heterocycles. The molecule has 0 aliphatic carbocycles. The summed E-state index contributed by atoms with van der Waals surface area (Å²) in [6, 6.07) is 5.33. The summed E-state index contributed by atoms with van der Waals surface area (Å²) in [6.45, 7) is 2.31. The third kappa shape index (κ3) is 3.86. The van der Waals surface area contributed by atoms with Gasteiger partial charge in [0.05, 0.1) is 26.8 Å². The number of benzene rings is 1. The van der Waals surface area contributed by atoms with Crippen molar-refractivity contribution in [3.8, 4) is 0 Å². The van der Waals surface area contributed by atoms with E-state index in [1.54, 1.807) is 28.5 Å². The molecular formula is C15H13BrCl2N6O. The molecule has 0 spiro atoms. The minimum atomic E-state index is -0.386. The minimum Gasteiger partial charge on any atom is -0.288 e. The van der Waals surface area contributed by atoms with Gasteiger partial charge in [-0.1, -0.05) is 29.3 Å². The number of hydrogen-bond donors (Lipinski definition) is 1. The van der Waals surface area contributed by atoms with Gasteiger partial charge in [0, 0.05) is 7.05 Å². The third-order valence-electron chi connectivity index (χ3n) is 3.57. The van der Waals surface area contributed by atoms with Crippen LogP contribution in [0.15, 0.2) is 29.0 Å². The van der Waals surface area contributed by atoms with Crippen LogP contribution >= 0.6 is 39.1 Å². The molecule has 1 amide bonds. The zero-order valence-corrected chi connectivity index (χ0v) is 16.4. The molecule has 0 atom stereocenters. The normalized spacial score (nSPS) is 10.9. The van der Waals surface area contributed by atoms with Crippen LogP contribution in [-0.2, 0) is 13.6 Å². The summed E-state index contributed by atoms with van der Waals surface area (Å²) < 4.78 is 3.85. The molecule has 0 saturated carbocycles. The van der Waals surface area contributed by atoms with E-state index in [0.29, 0.717) is 21.1 Å². The highest BCUT2D eigenvalue weighted by Gasteiger charge is 2.19. The predicted molar refractivity (Wildman–Crippen MR) is 99.2 cm³/mol. The Hall–Kier alpha value is -1.90. The van der Waals surface area contributed by atoms with E-state index in [4.69, 9.17) is 23.2 Å². The zero-order chi connectivity index (χ0) is 18.1. The van der Waals surface area contributed by atoms with Crippen molar-refractivity contribution >= 4 is 51.0 Å². The van der Waals surface area contributed by atoms with Crippen LogP contribution in [0, 0.1) is 6.92 Å². The average Bonchev–Trinajstić information content (AvgIpc) is 3.10. The van der Waals surface area contributed by atoms with Crippen molar-refractivity contribution in [3.05, 3.63) is 56.0 Å². The number of carbonyl (C=O) groups excluding carboxylic acids is 1. The summed E-state index contributed by atoms with van der Waals surface area (Å²) in [7, 11) is 1.76. The van der Waals surface area contributed by atoms with Crippen molar-refractivity contribution in [3.63, 3.8) is 0 Å². The summed E-state index contributed by atoms with van der Waals surface area (Å²) in [5, 5.41) is 12.0. The number of aryl methyl sites for hydroxylation is 1. The van der Waals surface area contributed by atoms with E-state index in [0.717, 1.165) is 11.3 Å². The first-order valence-electron chi connectivity index (χ1n) is 7.19. The summed E-state index contributed by atoms with van der Waals surface area (Å²) in [5.41, 5.74) is 2.05. The fraction of sp³-hybridized carbons (Fsp3) is 0.200. The molecule has 0 radical (unpaired) electrons. The lowest BCUT2D eigenvalue weighted by atomic mass is 10.2. The molecule has 0 saturated heterocycles. The Balaban J connectivity index is 1.71. The molecule has 7 nitrogen and oxygen atoms in total. The summed E-state index contributed by atoms with van der Waals surface area (Å²) in [5.74, 6) is -0.192. The molecule has 2 heterocycles. The number of anilines is 1. The van der Waals surface area contributed by atoms with Crippen molar-refractivity contribution in [1.29, 1.82) is 0 Å². The number of nitrogens with zero attached hydrogens (tertiary/aromatic N) is 5. The molecule has 130 valence electrons. The fourth-order valence-corrected chi connectivity index (χ4v) is 2.98. The Morgan fingerprint density at radius 2 is 2.04 bits per heavy atom. The van der Waals surface area contributed by atoms with Crippen LogP contribution < -0.4 is 5.32 Å². The van der Waals surface area contributed by atoms with Gasteiger partial charge < -0.3 is 0 Å². The molecule has 10 heteroatoms. The van der Waals surface area contributed by atoms with Crippen molar-refractivity contribution < 1.29 is 4.79 Å². The van der Waals surface area contributed by atoms with Crippen LogP contribution in [0.3, 0.4) is 0 Å². The lowest BCUT2D eigenvalue weighted by Gasteiger charge is -2.03. The fourth-order valence-electron chi connectivity index (χ4n) is 2.14. The zero-order valence-electron chi connectivity index (χ0n) is 13.3. The molecule has 0 bridgehead atoms. The molecule has 2 aromatic heterocycles. The molecule has 0 fully saturated rings. The molecule has 25 heavy (non-hydrogen) atoms. The number of carbonyl (C=O) groups is 1. The molecular weight excluding hydrogens is 431 g/mol. The Morgan fingerprint density at radius 1 is 1.28 bits per heavy atom. The van der Waals surface area contributed by atoms with Crippen LogP contribution in [-0.4, -0.2) is 30.5 Å². The highest BCUT2D eigenvalue weighted by Crippen LogP contribution is 2.23. The van der Waals surface area contributed by atoms with Crippen molar-refractivity contribution in [1.82, 2.24) is 24.5 Å². The molecule has 1 aromatic carbocycles. The number of halogens is 3. The highest BCUT2D eigenvalue weighted by molar-refractivity contribution is 9.10. The van der Waals surface area contributed by atoms with E-state index in [1.165, 1.54) is 6.33 Å². The highest BCUT2D eigenvalue weighted by atomic mass is 79.9. The van der Waals surface area contributed by atoms with Crippen LogP contribution in [0.25, 0.3) is 0 Å². The first-order valence-corrected chi connectivity index (χ1v) is 8.74. The van der Waals surface area contributed by atoms with Crippen LogP contribution in [0.4, 0.5) is 5.95 Å². The average molecular weight is 444 g/mol. The summed E-state index contributed by atoms with van der Waals surface area (Å²) in [4.78, 5) is 16.4. The van der Waals surface area contributed by atoms with Gasteiger partial charge in [0.15, 0.2) is 5.69 Å². The largest absolute Gasteiger partial charge is 0.288 e. The van der Waals surface area contributed by atoms with Gasteiger partial charge in [-0.2, -0.15) is 5.10 Å². The molecule has 0 unspecified atom stereocenters. The lowest BCUT2D eigenvalue weighted by molar-refractivity contribution is 0.102. The maximum atomic E-state index is 12.3. The van der Waals surface area contributed by atoms with Crippen LogP contribution in [0.5, 0.6) is 0 Å².